The van der Waals surface area contributed by atoms with Crippen molar-refractivity contribution in [1.82, 2.24) is 5.32 Å². The van der Waals surface area contributed by atoms with E-state index < -0.39 is 0 Å². The van der Waals surface area contributed by atoms with Gasteiger partial charge in [0.1, 0.15) is 0 Å². The summed E-state index contributed by atoms with van der Waals surface area (Å²) in [5.74, 6) is 0. The molecular weight excluding hydrogens is 234 g/mol. The molecule has 0 amide bonds. The molecule has 2 rings (SSSR count). The Bertz CT molecular complexity index is 257. The van der Waals surface area contributed by atoms with Crippen LogP contribution in [0.4, 0.5) is 0 Å². The van der Waals surface area contributed by atoms with Crippen molar-refractivity contribution in [2.75, 3.05) is 6.54 Å². The molecule has 66 valence electrons. The summed E-state index contributed by atoms with van der Waals surface area (Å²) >= 11 is 5.42. The molecule has 0 spiro atoms. The Morgan fingerprint density at radius 3 is 3.00 bits per heavy atom. The predicted molar refractivity (Wildman–Crippen MR) is 56.7 cm³/mol. The molecule has 2 heterocycles. The lowest BCUT2D eigenvalue weighted by Crippen LogP contribution is -2.11. The van der Waals surface area contributed by atoms with Crippen LogP contribution in [0.25, 0.3) is 0 Å². The molecule has 3 heteroatoms. The maximum Gasteiger partial charge on any atom is 0.0731 e. The molecule has 1 saturated heterocycles. The smallest absolute Gasteiger partial charge is 0.0731 e. The highest BCUT2D eigenvalue weighted by Gasteiger charge is 2.18. The van der Waals surface area contributed by atoms with Crippen molar-refractivity contribution >= 4 is 27.3 Å². The number of thiophene rings is 1. The van der Waals surface area contributed by atoms with Gasteiger partial charge in [-0.05, 0) is 53.9 Å². The summed E-state index contributed by atoms with van der Waals surface area (Å²) in [6.07, 6.45) is 2.62. The van der Waals surface area contributed by atoms with Crippen molar-refractivity contribution < 1.29 is 0 Å². The Balaban J connectivity index is 2.21. The van der Waals surface area contributed by atoms with Crippen LogP contribution in [0.5, 0.6) is 0 Å². The zero-order valence-electron chi connectivity index (χ0n) is 7.06. The van der Waals surface area contributed by atoms with Crippen molar-refractivity contribution in [1.29, 1.82) is 0 Å². The second kappa shape index (κ2) is 3.48. The summed E-state index contributed by atoms with van der Waals surface area (Å²) in [5, 5.41) is 3.50. The fourth-order valence-corrected chi connectivity index (χ4v) is 3.26. The lowest BCUT2D eigenvalue weighted by Gasteiger charge is -2.05. The van der Waals surface area contributed by atoms with E-state index in [-0.39, 0.29) is 0 Å². The zero-order valence-corrected chi connectivity index (χ0v) is 9.46. The summed E-state index contributed by atoms with van der Waals surface area (Å²) in [6, 6.07) is 2.91. The van der Waals surface area contributed by atoms with Crippen molar-refractivity contribution in [3.63, 3.8) is 0 Å². The first-order valence-corrected chi connectivity index (χ1v) is 5.87. The molecule has 0 unspecified atom stereocenters. The molecule has 0 bridgehead atoms. The standard InChI is InChI=1S/C9H12BrNS/c1-6-5-8(12-9(6)10)7-3-2-4-11-7/h5,7,11H,2-4H2,1H3/t7-/m0/s1. The number of aryl methyl sites for hydroxylation is 1. The third-order valence-electron chi connectivity index (χ3n) is 2.28. The highest BCUT2D eigenvalue weighted by molar-refractivity contribution is 9.11. The Morgan fingerprint density at radius 1 is 1.67 bits per heavy atom. The Labute approximate surface area is 85.3 Å². The molecule has 1 N–H and O–H groups in total. The van der Waals surface area contributed by atoms with Crippen LogP contribution >= 0.6 is 27.3 Å². The van der Waals surface area contributed by atoms with E-state index in [1.807, 2.05) is 11.3 Å². The first-order chi connectivity index (χ1) is 5.77. The number of nitrogens with one attached hydrogen (secondary N) is 1. The number of halogens is 1. The largest absolute Gasteiger partial charge is 0.309 e. The maximum absolute atomic E-state index is 3.55. The van der Waals surface area contributed by atoms with Crippen LogP contribution in [0.1, 0.15) is 29.3 Å². The van der Waals surface area contributed by atoms with Crippen molar-refractivity contribution in [2.45, 2.75) is 25.8 Å². The minimum absolute atomic E-state index is 0.625. The number of rotatable bonds is 1. The van der Waals surface area contributed by atoms with E-state index in [0.717, 1.165) is 0 Å². The van der Waals surface area contributed by atoms with Crippen LogP contribution < -0.4 is 5.32 Å². The summed E-state index contributed by atoms with van der Waals surface area (Å²) in [4.78, 5) is 1.48. The van der Waals surface area contributed by atoms with Gasteiger partial charge in [0.15, 0.2) is 0 Å². The topological polar surface area (TPSA) is 12.0 Å². The van der Waals surface area contributed by atoms with Crippen LogP contribution in [0.2, 0.25) is 0 Å². The van der Waals surface area contributed by atoms with Crippen molar-refractivity contribution in [3.05, 3.63) is 20.3 Å². The molecule has 1 nitrogen and oxygen atoms in total. The highest BCUT2D eigenvalue weighted by Crippen LogP contribution is 2.34. The molecule has 1 aromatic heterocycles. The van der Waals surface area contributed by atoms with Crippen LogP contribution in [0.3, 0.4) is 0 Å². The van der Waals surface area contributed by atoms with Gasteiger partial charge in [0, 0.05) is 10.9 Å². The van der Waals surface area contributed by atoms with Gasteiger partial charge in [-0.2, -0.15) is 0 Å². The minimum Gasteiger partial charge on any atom is -0.309 e. The molecule has 1 aromatic rings. The monoisotopic (exact) mass is 245 g/mol. The molecular formula is C9H12BrNS. The molecule has 12 heavy (non-hydrogen) atoms. The van der Waals surface area contributed by atoms with E-state index >= 15 is 0 Å². The normalized spacial score (nSPS) is 23.3. The van der Waals surface area contributed by atoms with Gasteiger partial charge < -0.3 is 5.32 Å². The highest BCUT2D eigenvalue weighted by atomic mass is 79.9. The van der Waals surface area contributed by atoms with Gasteiger partial charge in [-0.1, -0.05) is 0 Å². The van der Waals surface area contributed by atoms with Gasteiger partial charge in [0.2, 0.25) is 0 Å². The summed E-state index contributed by atoms with van der Waals surface area (Å²) < 4.78 is 1.28. The average molecular weight is 246 g/mol. The van der Waals surface area contributed by atoms with Gasteiger partial charge in [0.25, 0.3) is 0 Å². The van der Waals surface area contributed by atoms with E-state index in [1.54, 1.807) is 0 Å². The van der Waals surface area contributed by atoms with Gasteiger partial charge in [-0.25, -0.2) is 0 Å². The molecule has 0 saturated carbocycles. The molecule has 1 aliphatic heterocycles. The second-order valence-electron chi connectivity index (χ2n) is 3.25. The Kier molecular flexibility index (Phi) is 2.53. The minimum atomic E-state index is 0.625. The van der Waals surface area contributed by atoms with E-state index in [0.29, 0.717) is 6.04 Å². The van der Waals surface area contributed by atoms with Crippen LogP contribution in [0.15, 0.2) is 9.85 Å². The molecule has 0 radical (unpaired) electrons. The third kappa shape index (κ3) is 1.58. The van der Waals surface area contributed by atoms with E-state index in [2.05, 4.69) is 34.2 Å². The number of hydrogen-bond donors (Lipinski definition) is 1. The van der Waals surface area contributed by atoms with E-state index in [4.69, 9.17) is 0 Å². The third-order valence-corrected chi connectivity index (χ3v) is 4.53. The van der Waals surface area contributed by atoms with Crippen LogP contribution in [-0.4, -0.2) is 6.54 Å². The number of hydrogen-bond acceptors (Lipinski definition) is 2. The van der Waals surface area contributed by atoms with Gasteiger partial charge in [-0.3, -0.25) is 0 Å². The molecule has 1 fully saturated rings. The molecule has 0 aliphatic carbocycles. The molecule has 1 atom stereocenters. The lowest BCUT2D eigenvalue weighted by atomic mass is 10.2. The zero-order chi connectivity index (χ0) is 8.55. The SMILES string of the molecule is Cc1cc([C@@H]2CCCN2)sc1Br. The molecule has 1 aliphatic rings. The van der Waals surface area contributed by atoms with Crippen molar-refractivity contribution in [3.8, 4) is 0 Å². The first-order valence-electron chi connectivity index (χ1n) is 4.26. The quantitative estimate of drug-likeness (QED) is 0.802. The summed E-state index contributed by atoms with van der Waals surface area (Å²) in [6.45, 7) is 3.33. The average Bonchev–Trinajstić information content (AvgIpc) is 2.61. The Morgan fingerprint density at radius 2 is 2.50 bits per heavy atom. The Hall–Kier alpha value is 0.140. The predicted octanol–water partition coefficient (Wildman–Crippen LogP) is 3.24. The van der Waals surface area contributed by atoms with Crippen LogP contribution in [-0.2, 0) is 0 Å². The maximum atomic E-state index is 3.55. The molecule has 0 aromatic carbocycles. The van der Waals surface area contributed by atoms with Crippen LogP contribution in [0, 0.1) is 6.92 Å². The van der Waals surface area contributed by atoms with Gasteiger partial charge in [0.05, 0.1) is 3.79 Å². The fourth-order valence-electron chi connectivity index (χ4n) is 1.58. The van der Waals surface area contributed by atoms with Gasteiger partial charge in [-0.15, -0.1) is 11.3 Å². The lowest BCUT2D eigenvalue weighted by molar-refractivity contribution is 0.659. The van der Waals surface area contributed by atoms with Crippen molar-refractivity contribution in [2.24, 2.45) is 0 Å². The summed E-state index contributed by atoms with van der Waals surface area (Å²) in [7, 11) is 0. The summed E-state index contributed by atoms with van der Waals surface area (Å²) in [5.41, 5.74) is 1.36. The van der Waals surface area contributed by atoms with E-state index in [9.17, 15) is 0 Å². The first kappa shape index (κ1) is 8.73. The van der Waals surface area contributed by atoms with E-state index in [1.165, 1.54) is 33.6 Å². The van der Waals surface area contributed by atoms with Gasteiger partial charge >= 0.3 is 0 Å². The second-order valence-corrected chi connectivity index (χ2v) is 5.66. The fraction of sp³-hybridized carbons (Fsp3) is 0.556.